The first-order chi connectivity index (χ1) is 21.5. The van der Waals surface area contributed by atoms with Crippen molar-refractivity contribution >= 4 is 39.7 Å². The van der Waals surface area contributed by atoms with Gasteiger partial charge in [0.1, 0.15) is 11.5 Å². The van der Waals surface area contributed by atoms with Crippen molar-refractivity contribution in [2.75, 3.05) is 13.7 Å². The zero-order chi connectivity index (χ0) is 31.5. The van der Waals surface area contributed by atoms with Gasteiger partial charge in [-0.2, -0.15) is 4.57 Å². The summed E-state index contributed by atoms with van der Waals surface area (Å²) in [4.78, 5) is 0. The summed E-state index contributed by atoms with van der Waals surface area (Å²) in [5.74, 6) is 1.78. The Morgan fingerprint density at radius 3 is 1.59 bits per heavy atom. The number of para-hydroxylation sites is 1. The Morgan fingerprint density at radius 2 is 1.09 bits per heavy atom. The lowest BCUT2D eigenvalue weighted by atomic mass is 10.1. The van der Waals surface area contributed by atoms with Crippen molar-refractivity contribution < 1.29 is 27.6 Å². The van der Waals surface area contributed by atoms with Crippen LogP contribution in [0.25, 0.3) is 0 Å². The van der Waals surface area contributed by atoms with E-state index in [0.29, 0.717) is 40.3 Å². The molecule has 0 aromatic heterocycles. The molecule has 0 amide bonds. The molecular weight excluding hydrogens is 707 g/mol. The van der Waals surface area contributed by atoms with Crippen LogP contribution in [0, 0.1) is 0 Å². The molecule has 0 N–H and O–H groups in total. The standard InChI is InChI=1S/C35H47Br2O6P/c1-3-4-5-6-7-8-9-10-11-12-13-14-24-40-33-22-17-23-34(35(33)39-2)43-44(38,41-31-20-15-18-29(25-31)27-36)42-32-21-16-19-30(26-32)28-37/h15-23,25-26H,3-14,24,27-28H2,1-2H3. The summed E-state index contributed by atoms with van der Waals surface area (Å²) in [6, 6.07) is 19.8. The molecule has 3 aromatic rings. The molecule has 0 spiro atoms. The maximum Gasteiger partial charge on any atom is 0.647 e. The van der Waals surface area contributed by atoms with E-state index in [1.165, 1.54) is 71.3 Å². The van der Waals surface area contributed by atoms with Gasteiger partial charge in [0, 0.05) is 10.7 Å². The number of benzene rings is 3. The Balaban J connectivity index is 1.59. The highest BCUT2D eigenvalue weighted by molar-refractivity contribution is 9.08. The Bertz CT molecular complexity index is 1230. The van der Waals surface area contributed by atoms with Crippen LogP contribution in [-0.4, -0.2) is 13.7 Å². The topological polar surface area (TPSA) is 63.2 Å². The van der Waals surface area contributed by atoms with E-state index < -0.39 is 7.82 Å². The van der Waals surface area contributed by atoms with E-state index in [1.807, 2.05) is 30.3 Å². The second-order valence-corrected chi connectivity index (χ2v) is 13.4. The fraction of sp³-hybridized carbons (Fsp3) is 0.486. The minimum atomic E-state index is -4.23. The summed E-state index contributed by atoms with van der Waals surface area (Å²) in [5.41, 5.74) is 1.92. The van der Waals surface area contributed by atoms with Crippen molar-refractivity contribution in [2.45, 2.75) is 94.6 Å². The number of alkyl halides is 2. The Morgan fingerprint density at radius 1 is 0.614 bits per heavy atom. The van der Waals surface area contributed by atoms with Gasteiger partial charge in [-0.25, -0.2) is 0 Å². The van der Waals surface area contributed by atoms with Gasteiger partial charge in [0.05, 0.1) is 13.7 Å². The van der Waals surface area contributed by atoms with Gasteiger partial charge in [0.2, 0.25) is 5.75 Å². The van der Waals surface area contributed by atoms with Crippen LogP contribution in [0.1, 0.15) is 95.1 Å². The van der Waals surface area contributed by atoms with Gasteiger partial charge in [-0.1, -0.05) is 140 Å². The van der Waals surface area contributed by atoms with Gasteiger partial charge < -0.3 is 23.0 Å². The van der Waals surface area contributed by atoms with E-state index in [4.69, 9.17) is 23.0 Å². The van der Waals surface area contributed by atoms with Gasteiger partial charge in [-0.3, -0.25) is 0 Å². The maximum absolute atomic E-state index is 14.2. The van der Waals surface area contributed by atoms with Gasteiger partial charge in [0.15, 0.2) is 11.5 Å². The van der Waals surface area contributed by atoms with Gasteiger partial charge >= 0.3 is 7.82 Å². The van der Waals surface area contributed by atoms with Crippen molar-refractivity contribution in [2.24, 2.45) is 0 Å². The number of methoxy groups -OCH3 is 1. The molecule has 0 aliphatic rings. The number of ether oxygens (including phenoxy) is 2. The molecule has 3 aromatic carbocycles. The average molecular weight is 755 g/mol. The largest absolute Gasteiger partial charge is 0.647 e. The molecule has 0 radical (unpaired) electrons. The SMILES string of the molecule is CCCCCCCCCCCCCCOc1cccc(OP(=O)(Oc2cccc(CBr)c2)Oc2cccc(CBr)c2)c1OC. The molecule has 6 nitrogen and oxygen atoms in total. The van der Waals surface area contributed by atoms with Gasteiger partial charge in [0.25, 0.3) is 0 Å². The number of hydrogen-bond acceptors (Lipinski definition) is 6. The van der Waals surface area contributed by atoms with Gasteiger partial charge in [-0.05, 0) is 53.9 Å². The van der Waals surface area contributed by atoms with E-state index in [2.05, 4.69) is 38.8 Å². The number of rotatable bonds is 23. The van der Waals surface area contributed by atoms with Crippen molar-refractivity contribution in [3.63, 3.8) is 0 Å². The summed E-state index contributed by atoms with van der Waals surface area (Å²) >= 11 is 6.91. The van der Waals surface area contributed by atoms with Crippen LogP contribution in [0.5, 0.6) is 28.7 Å². The van der Waals surface area contributed by atoms with Crippen LogP contribution < -0.4 is 23.0 Å². The number of unbranched alkanes of at least 4 members (excludes halogenated alkanes) is 11. The van der Waals surface area contributed by atoms with E-state index in [0.717, 1.165) is 24.0 Å². The second kappa shape index (κ2) is 20.8. The van der Waals surface area contributed by atoms with Gasteiger partial charge in [-0.15, -0.1) is 0 Å². The van der Waals surface area contributed by atoms with E-state index in [1.54, 1.807) is 36.4 Å². The molecule has 0 heterocycles. The molecule has 0 unspecified atom stereocenters. The summed E-state index contributed by atoms with van der Waals surface area (Å²) < 4.78 is 43.8. The highest BCUT2D eigenvalue weighted by atomic mass is 79.9. The summed E-state index contributed by atoms with van der Waals surface area (Å²) in [5, 5.41) is 1.24. The third-order valence-electron chi connectivity index (χ3n) is 7.15. The predicted molar refractivity (Wildman–Crippen MR) is 187 cm³/mol. The molecule has 44 heavy (non-hydrogen) atoms. The molecular formula is C35H47Br2O6P. The monoisotopic (exact) mass is 752 g/mol. The number of phosphoric ester groups is 1. The first-order valence-electron chi connectivity index (χ1n) is 15.8. The number of hydrogen-bond donors (Lipinski definition) is 0. The third kappa shape index (κ3) is 13.1. The zero-order valence-corrected chi connectivity index (χ0v) is 30.2. The summed E-state index contributed by atoms with van der Waals surface area (Å²) in [6.45, 7) is 2.82. The Labute approximate surface area is 281 Å². The smallest absolute Gasteiger partial charge is 0.490 e. The van der Waals surface area contributed by atoms with Crippen molar-refractivity contribution in [3.05, 3.63) is 77.9 Å². The minimum Gasteiger partial charge on any atom is -0.490 e. The molecule has 242 valence electrons. The minimum absolute atomic E-state index is 0.205. The molecule has 0 saturated heterocycles. The van der Waals surface area contributed by atoms with Crippen LogP contribution >= 0.6 is 39.7 Å². The van der Waals surface area contributed by atoms with Crippen LogP contribution in [-0.2, 0) is 15.2 Å². The van der Waals surface area contributed by atoms with E-state index in [-0.39, 0.29) is 5.75 Å². The lowest BCUT2D eigenvalue weighted by Gasteiger charge is -2.21. The zero-order valence-electron chi connectivity index (χ0n) is 26.1. The molecule has 0 atom stereocenters. The lowest BCUT2D eigenvalue weighted by Crippen LogP contribution is -2.09. The molecule has 0 bridgehead atoms. The average Bonchev–Trinajstić information content (AvgIpc) is 3.03. The summed E-state index contributed by atoms with van der Waals surface area (Å²) in [7, 11) is -2.70. The van der Waals surface area contributed by atoms with Crippen molar-refractivity contribution in [1.29, 1.82) is 0 Å². The Hall–Kier alpha value is -2.15. The second-order valence-electron chi connectivity index (χ2n) is 10.8. The van der Waals surface area contributed by atoms with E-state index >= 15 is 0 Å². The highest BCUT2D eigenvalue weighted by Crippen LogP contribution is 2.53. The molecule has 3 rings (SSSR count). The highest BCUT2D eigenvalue weighted by Gasteiger charge is 2.35. The van der Waals surface area contributed by atoms with Crippen LogP contribution in [0.4, 0.5) is 0 Å². The normalized spacial score (nSPS) is 11.3. The predicted octanol–water partition coefficient (Wildman–Crippen LogP) is 12.2. The molecule has 0 aliphatic carbocycles. The van der Waals surface area contributed by atoms with Crippen molar-refractivity contribution in [1.82, 2.24) is 0 Å². The lowest BCUT2D eigenvalue weighted by molar-refractivity contribution is 0.270. The number of phosphoric acid groups is 1. The first-order valence-corrected chi connectivity index (χ1v) is 19.5. The number of halogens is 2. The molecule has 0 fully saturated rings. The molecule has 0 saturated carbocycles. The fourth-order valence-corrected chi connectivity index (χ4v) is 6.75. The van der Waals surface area contributed by atoms with E-state index in [9.17, 15) is 4.57 Å². The maximum atomic E-state index is 14.2. The van der Waals surface area contributed by atoms with Crippen LogP contribution in [0.15, 0.2) is 66.7 Å². The molecule has 0 aliphatic heterocycles. The fourth-order valence-electron chi connectivity index (χ4n) is 4.81. The van der Waals surface area contributed by atoms with Crippen LogP contribution in [0.2, 0.25) is 0 Å². The first kappa shape index (κ1) is 36.3. The van der Waals surface area contributed by atoms with Crippen molar-refractivity contribution in [3.8, 4) is 28.7 Å². The molecule has 9 heteroatoms. The third-order valence-corrected chi connectivity index (χ3v) is 9.74. The quantitative estimate of drug-likeness (QED) is 0.0546. The summed E-state index contributed by atoms with van der Waals surface area (Å²) in [6.07, 6.45) is 15.4. The Kier molecular flexibility index (Phi) is 17.2. The van der Waals surface area contributed by atoms with Crippen LogP contribution in [0.3, 0.4) is 0 Å².